The molecule has 1 fully saturated rings. The van der Waals surface area contributed by atoms with Gasteiger partial charge < -0.3 is 4.90 Å². The number of piperazine rings is 1. The smallest absolute Gasteiger partial charge is 0.254 e. The van der Waals surface area contributed by atoms with Crippen LogP contribution in [-0.4, -0.2) is 24.4 Å². The Labute approximate surface area is 197 Å². The van der Waals surface area contributed by atoms with Crippen LogP contribution in [0.4, 0.5) is 11.4 Å². The Morgan fingerprint density at radius 2 is 1.53 bits per heavy atom. The van der Waals surface area contributed by atoms with E-state index in [1.807, 2.05) is 99.6 Å². The van der Waals surface area contributed by atoms with Gasteiger partial charge in [0.05, 0.1) is 5.69 Å². The summed E-state index contributed by atoms with van der Waals surface area (Å²) in [6.07, 6.45) is 1.98. The Hall–Kier alpha value is -3.18. The molecule has 1 saturated heterocycles. The van der Waals surface area contributed by atoms with Gasteiger partial charge in [0.2, 0.25) is 5.91 Å². The summed E-state index contributed by atoms with van der Waals surface area (Å²) in [6.45, 7) is 5.88. The molecule has 1 aliphatic heterocycles. The fourth-order valence-corrected chi connectivity index (χ4v) is 4.56. The summed E-state index contributed by atoms with van der Waals surface area (Å²) >= 11 is 3.45. The maximum absolute atomic E-state index is 13.9. The number of nitrogens with zero attached hydrogens (tertiary/aromatic N) is 2. The van der Waals surface area contributed by atoms with Gasteiger partial charge in [-0.1, -0.05) is 70.5 Å². The third-order valence-electron chi connectivity index (χ3n) is 5.76. The van der Waals surface area contributed by atoms with Crippen molar-refractivity contribution in [2.24, 2.45) is 0 Å². The highest BCUT2D eigenvalue weighted by molar-refractivity contribution is 9.10. The van der Waals surface area contributed by atoms with Gasteiger partial charge in [-0.3, -0.25) is 14.5 Å². The number of halogens is 1. The molecule has 0 saturated carbocycles. The van der Waals surface area contributed by atoms with Crippen LogP contribution >= 0.6 is 15.9 Å². The van der Waals surface area contributed by atoms with E-state index < -0.39 is 6.04 Å². The minimum atomic E-state index is -0.725. The number of carbonyl (C=O) groups excluding carboxylic acids is 2. The molecular formula is C27H25BrN2O2. The number of benzene rings is 3. The lowest BCUT2D eigenvalue weighted by atomic mass is 9.97. The molecule has 4 nitrogen and oxygen atoms in total. The molecule has 2 amide bonds. The summed E-state index contributed by atoms with van der Waals surface area (Å²) < 4.78 is 0.919. The van der Waals surface area contributed by atoms with Crippen LogP contribution in [0, 0.1) is 13.8 Å². The highest BCUT2D eigenvalue weighted by atomic mass is 79.9. The second-order valence-corrected chi connectivity index (χ2v) is 9.02. The third kappa shape index (κ3) is 4.26. The summed E-state index contributed by atoms with van der Waals surface area (Å²) in [5.41, 5.74) is 5.29. The maximum Gasteiger partial charge on any atom is 0.254 e. The predicted octanol–water partition coefficient (Wildman–Crippen LogP) is 5.92. The van der Waals surface area contributed by atoms with Crippen LogP contribution in [-0.2, 0) is 9.59 Å². The summed E-state index contributed by atoms with van der Waals surface area (Å²) in [5.74, 6) is -0.213. The van der Waals surface area contributed by atoms with Gasteiger partial charge in [-0.15, -0.1) is 0 Å². The van der Waals surface area contributed by atoms with Crippen molar-refractivity contribution in [1.29, 1.82) is 0 Å². The Morgan fingerprint density at radius 3 is 2.16 bits per heavy atom. The normalized spacial score (nSPS) is 17.1. The fraction of sp³-hybridized carbons (Fsp3) is 0.185. The predicted molar refractivity (Wildman–Crippen MR) is 134 cm³/mol. The first-order valence-electron chi connectivity index (χ1n) is 10.6. The number of amides is 2. The number of para-hydroxylation sites is 1. The largest absolute Gasteiger partial charge is 0.300 e. The zero-order valence-electron chi connectivity index (χ0n) is 18.4. The van der Waals surface area contributed by atoms with Gasteiger partial charge in [0, 0.05) is 10.2 Å². The summed E-state index contributed by atoms with van der Waals surface area (Å²) in [6, 6.07) is 22.6. The minimum Gasteiger partial charge on any atom is -0.300 e. The lowest BCUT2D eigenvalue weighted by Crippen LogP contribution is -2.61. The van der Waals surface area contributed by atoms with Crippen LogP contribution in [0.25, 0.3) is 6.08 Å². The molecule has 0 bridgehead atoms. The van der Waals surface area contributed by atoms with E-state index in [1.54, 1.807) is 9.80 Å². The van der Waals surface area contributed by atoms with E-state index >= 15 is 0 Å². The Kier molecular flexibility index (Phi) is 6.28. The average molecular weight is 489 g/mol. The zero-order chi connectivity index (χ0) is 22.8. The molecule has 0 aromatic heterocycles. The molecule has 0 N–H and O–H groups in total. The number of carbonyl (C=O) groups is 2. The number of anilines is 2. The molecule has 1 unspecified atom stereocenters. The van der Waals surface area contributed by atoms with Gasteiger partial charge in [-0.2, -0.15) is 0 Å². The third-order valence-corrected chi connectivity index (χ3v) is 6.29. The molecule has 5 heteroatoms. The summed E-state index contributed by atoms with van der Waals surface area (Å²) in [4.78, 5) is 30.7. The van der Waals surface area contributed by atoms with Gasteiger partial charge in [-0.25, -0.2) is 0 Å². The molecule has 1 heterocycles. The highest BCUT2D eigenvalue weighted by Crippen LogP contribution is 2.33. The summed E-state index contributed by atoms with van der Waals surface area (Å²) in [7, 11) is 0. The SMILES string of the molecule is C/C(=C\c1ccccc1)C1C(=O)N(c2c(C)cccc2C)CC(=O)N1c1ccc(Br)cc1. The van der Waals surface area contributed by atoms with Gasteiger partial charge in [0.1, 0.15) is 12.6 Å². The first-order chi connectivity index (χ1) is 15.4. The van der Waals surface area contributed by atoms with Crippen LogP contribution in [0.1, 0.15) is 23.6 Å². The van der Waals surface area contributed by atoms with E-state index in [-0.39, 0.29) is 18.4 Å². The van der Waals surface area contributed by atoms with E-state index in [1.165, 1.54) is 0 Å². The van der Waals surface area contributed by atoms with Crippen LogP contribution in [0.15, 0.2) is 82.8 Å². The van der Waals surface area contributed by atoms with Crippen molar-refractivity contribution < 1.29 is 9.59 Å². The Bertz CT molecular complexity index is 1170. The topological polar surface area (TPSA) is 40.6 Å². The lowest BCUT2D eigenvalue weighted by molar-refractivity contribution is -0.127. The monoisotopic (exact) mass is 488 g/mol. The molecule has 3 aromatic carbocycles. The van der Waals surface area contributed by atoms with E-state index in [4.69, 9.17) is 0 Å². The molecule has 1 aliphatic rings. The molecule has 1 atom stereocenters. The van der Waals surface area contributed by atoms with E-state index in [2.05, 4.69) is 15.9 Å². The van der Waals surface area contributed by atoms with Crippen LogP contribution in [0.2, 0.25) is 0 Å². The number of rotatable bonds is 4. The van der Waals surface area contributed by atoms with Gasteiger partial charge in [0.15, 0.2) is 0 Å². The average Bonchev–Trinajstić information content (AvgIpc) is 2.77. The fourth-order valence-electron chi connectivity index (χ4n) is 4.30. The van der Waals surface area contributed by atoms with Gasteiger partial charge in [-0.05, 0) is 67.3 Å². The van der Waals surface area contributed by atoms with E-state index in [0.29, 0.717) is 5.69 Å². The Balaban J connectivity index is 1.83. The molecule has 0 aliphatic carbocycles. The van der Waals surface area contributed by atoms with Crippen LogP contribution in [0.5, 0.6) is 0 Å². The zero-order valence-corrected chi connectivity index (χ0v) is 20.0. The van der Waals surface area contributed by atoms with Crippen molar-refractivity contribution in [3.63, 3.8) is 0 Å². The van der Waals surface area contributed by atoms with Gasteiger partial charge in [0.25, 0.3) is 5.91 Å². The van der Waals surface area contributed by atoms with Crippen molar-refractivity contribution in [2.45, 2.75) is 26.8 Å². The standard InChI is InChI=1S/C27H25BrN2O2/c1-18-8-7-9-19(2)25(18)29-17-24(31)30(23-14-12-22(28)13-15-23)26(27(29)32)20(3)16-21-10-5-4-6-11-21/h4-16,26H,17H2,1-3H3/b20-16+. The maximum atomic E-state index is 13.9. The van der Waals surface area contributed by atoms with Crippen molar-refractivity contribution in [3.8, 4) is 0 Å². The quantitative estimate of drug-likeness (QED) is 0.457. The molecule has 162 valence electrons. The van der Waals surface area contributed by atoms with Crippen LogP contribution in [0.3, 0.4) is 0 Å². The minimum absolute atomic E-state index is 0.00963. The first-order valence-corrected chi connectivity index (χ1v) is 11.3. The van der Waals surface area contributed by atoms with E-state index in [9.17, 15) is 9.59 Å². The number of aryl methyl sites for hydroxylation is 2. The van der Waals surface area contributed by atoms with Crippen LogP contribution < -0.4 is 9.80 Å². The highest BCUT2D eigenvalue weighted by Gasteiger charge is 2.42. The molecule has 4 rings (SSSR count). The number of hydrogen-bond donors (Lipinski definition) is 0. The molecular weight excluding hydrogens is 464 g/mol. The first kappa shape index (κ1) is 22.0. The summed E-state index contributed by atoms with van der Waals surface area (Å²) in [5, 5.41) is 0. The number of hydrogen-bond acceptors (Lipinski definition) is 2. The van der Waals surface area contributed by atoms with Crippen molar-refractivity contribution in [3.05, 3.63) is 99.5 Å². The molecule has 0 spiro atoms. The molecule has 0 radical (unpaired) electrons. The lowest BCUT2D eigenvalue weighted by Gasteiger charge is -2.41. The van der Waals surface area contributed by atoms with Crippen molar-refractivity contribution in [1.82, 2.24) is 0 Å². The Morgan fingerprint density at radius 1 is 0.906 bits per heavy atom. The van der Waals surface area contributed by atoms with Crippen molar-refractivity contribution in [2.75, 3.05) is 16.3 Å². The second-order valence-electron chi connectivity index (χ2n) is 8.11. The van der Waals surface area contributed by atoms with Crippen molar-refractivity contribution >= 4 is 45.2 Å². The molecule has 32 heavy (non-hydrogen) atoms. The molecule has 3 aromatic rings. The van der Waals surface area contributed by atoms with E-state index in [0.717, 1.165) is 32.4 Å². The van der Waals surface area contributed by atoms with Gasteiger partial charge >= 0.3 is 0 Å². The second kappa shape index (κ2) is 9.13.